The fraction of sp³-hybridized carbons (Fsp3) is 0.864. The maximum Gasteiger partial charge on any atom is 0.334 e. The van der Waals surface area contributed by atoms with Crippen molar-refractivity contribution in [2.24, 2.45) is 17.3 Å². The molecule has 2 N–H and O–H groups in total. The van der Waals surface area contributed by atoms with Crippen LogP contribution in [0.3, 0.4) is 0 Å². The topological polar surface area (TPSA) is 148 Å². The SMILES string of the molecule is CC(C)[C@]12O[C@H]1[C@@H]1O[C@]13[C@]1(O[C@H]1C[C@H]1C4=C(CC[C@@]13C)C(=O)OC4)[C@@H]2OC(=O)CCC(=O)NCCCCCCCCCCCCNC(=O)CCCCC1CCSS1. The number of esters is 2. The van der Waals surface area contributed by atoms with Crippen molar-refractivity contribution >= 4 is 45.3 Å². The molecule has 13 heteroatoms. The number of carbonyl (C=O) groups is 4. The molecule has 318 valence electrons. The Morgan fingerprint density at radius 3 is 2.19 bits per heavy atom. The lowest BCUT2D eigenvalue weighted by Gasteiger charge is -2.53. The molecule has 3 aliphatic carbocycles. The Morgan fingerprint density at radius 1 is 0.842 bits per heavy atom. The van der Waals surface area contributed by atoms with Gasteiger partial charge in [0, 0.05) is 47.9 Å². The van der Waals surface area contributed by atoms with E-state index in [1.807, 2.05) is 21.6 Å². The van der Waals surface area contributed by atoms with Crippen molar-refractivity contribution in [2.75, 3.05) is 25.4 Å². The average molecular weight is 831 g/mol. The number of amides is 2. The number of hydrogen-bond acceptors (Lipinski definition) is 11. The summed E-state index contributed by atoms with van der Waals surface area (Å²) in [5.41, 5.74) is -0.469. The molecule has 8 aliphatic rings. The molecule has 2 saturated carbocycles. The molecular formula is C44H66N2O9S2. The van der Waals surface area contributed by atoms with Crippen LogP contribution >= 0.6 is 21.6 Å². The first-order valence-corrected chi connectivity index (χ1v) is 24.9. The summed E-state index contributed by atoms with van der Waals surface area (Å²) in [6.45, 7) is 8.25. The minimum absolute atomic E-state index is 0.00261. The first-order chi connectivity index (χ1) is 27.6. The molecule has 1 unspecified atom stereocenters. The minimum Gasteiger partial charge on any atom is -0.458 e. The predicted molar refractivity (Wildman–Crippen MR) is 219 cm³/mol. The van der Waals surface area contributed by atoms with Gasteiger partial charge in [0.2, 0.25) is 11.8 Å². The zero-order valence-corrected chi connectivity index (χ0v) is 36.1. The zero-order chi connectivity index (χ0) is 39.8. The van der Waals surface area contributed by atoms with E-state index in [0.29, 0.717) is 26.0 Å². The molecule has 11 nitrogen and oxygen atoms in total. The Kier molecular flexibility index (Phi) is 12.7. The van der Waals surface area contributed by atoms with Gasteiger partial charge in [-0.3, -0.25) is 14.4 Å². The van der Waals surface area contributed by atoms with Gasteiger partial charge in [-0.25, -0.2) is 4.79 Å². The quantitative estimate of drug-likeness (QED) is 0.0463. The Hall–Kier alpha value is -1.80. The summed E-state index contributed by atoms with van der Waals surface area (Å²) in [6, 6.07) is 0. The van der Waals surface area contributed by atoms with E-state index in [9.17, 15) is 19.2 Å². The number of fused-ring (bicyclic) bond motifs is 4. The van der Waals surface area contributed by atoms with Crippen molar-refractivity contribution in [3.63, 3.8) is 0 Å². The number of unbranched alkanes of at least 4 members (excludes halogenated alkanes) is 10. The second-order valence-electron chi connectivity index (χ2n) is 18.7. The normalized spacial score (nSPS) is 37.6. The fourth-order valence-electron chi connectivity index (χ4n) is 11.8. The van der Waals surface area contributed by atoms with Gasteiger partial charge in [0.15, 0.2) is 11.7 Å². The Morgan fingerprint density at radius 2 is 1.53 bits per heavy atom. The largest absolute Gasteiger partial charge is 0.458 e. The number of hydrogen-bond donors (Lipinski definition) is 2. The van der Waals surface area contributed by atoms with Crippen LogP contribution in [0.5, 0.6) is 0 Å². The van der Waals surface area contributed by atoms with Gasteiger partial charge in [-0.15, -0.1) is 0 Å². The van der Waals surface area contributed by atoms with Crippen LogP contribution in [0.15, 0.2) is 11.1 Å². The van der Waals surface area contributed by atoms with E-state index in [1.54, 1.807) is 0 Å². The maximum atomic E-state index is 13.5. The molecule has 57 heavy (non-hydrogen) atoms. The van der Waals surface area contributed by atoms with Gasteiger partial charge in [-0.05, 0) is 68.8 Å². The van der Waals surface area contributed by atoms with Gasteiger partial charge >= 0.3 is 11.9 Å². The summed E-state index contributed by atoms with van der Waals surface area (Å²) in [6.07, 6.45) is 18.2. The van der Waals surface area contributed by atoms with Crippen molar-refractivity contribution in [2.45, 2.75) is 196 Å². The van der Waals surface area contributed by atoms with Gasteiger partial charge in [0.05, 0.1) is 12.5 Å². The van der Waals surface area contributed by atoms with E-state index < -0.39 is 28.9 Å². The molecule has 4 saturated heterocycles. The molecule has 0 aromatic heterocycles. The van der Waals surface area contributed by atoms with E-state index in [4.69, 9.17) is 23.7 Å². The summed E-state index contributed by atoms with van der Waals surface area (Å²) in [5, 5.41) is 6.90. The van der Waals surface area contributed by atoms with E-state index in [0.717, 1.165) is 67.9 Å². The first kappa shape index (κ1) is 41.9. The van der Waals surface area contributed by atoms with Crippen molar-refractivity contribution in [3.8, 4) is 0 Å². The molecule has 0 radical (unpaired) electrons. The summed E-state index contributed by atoms with van der Waals surface area (Å²) < 4.78 is 31.9. The number of nitrogens with one attached hydrogen (secondary N) is 2. The van der Waals surface area contributed by atoms with Crippen LogP contribution in [0.1, 0.15) is 149 Å². The third kappa shape index (κ3) is 7.73. The minimum atomic E-state index is -0.786. The first-order valence-electron chi connectivity index (χ1n) is 22.5. The lowest BCUT2D eigenvalue weighted by Crippen LogP contribution is -2.70. The van der Waals surface area contributed by atoms with Crippen LogP contribution in [0.4, 0.5) is 0 Å². The smallest absolute Gasteiger partial charge is 0.334 e. The number of epoxide rings is 3. The van der Waals surface area contributed by atoms with Crippen LogP contribution in [-0.2, 0) is 42.9 Å². The summed E-state index contributed by atoms with van der Waals surface area (Å²) in [4.78, 5) is 50.8. The molecule has 0 aromatic carbocycles. The van der Waals surface area contributed by atoms with E-state index in [1.165, 1.54) is 63.5 Å². The monoisotopic (exact) mass is 830 g/mol. The number of carbonyl (C=O) groups excluding carboxylic acids is 4. The van der Waals surface area contributed by atoms with Gasteiger partial charge < -0.3 is 34.3 Å². The maximum absolute atomic E-state index is 13.5. The van der Waals surface area contributed by atoms with E-state index >= 15 is 0 Å². The molecular weight excluding hydrogens is 765 g/mol. The Balaban J connectivity index is 0.676. The number of ether oxygens (including phenoxy) is 5. The highest BCUT2D eigenvalue weighted by Gasteiger charge is 3.01. The van der Waals surface area contributed by atoms with E-state index in [-0.39, 0.29) is 66.2 Å². The Labute approximate surface area is 347 Å². The molecule has 8 rings (SSSR count). The third-order valence-corrected chi connectivity index (χ3v) is 18.0. The predicted octanol–water partition coefficient (Wildman–Crippen LogP) is 7.28. The highest BCUT2D eigenvalue weighted by atomic mass is 33.1. The number of cyclic esters (lactones) is 1. The average Bonchev–Trinajstić information content (AvgIpc) is 4.14. The van der Waals surface area contributed by atoms with Gasteiger partial charge in [-0.2, -0.15) is 0 Å². The summed E-state index contributed by atoms with van der Waals surface area (Å²) in [7, 11) is 4.01. The van der Waals surface area contributed by atoms with Crippen LogP contribution in [-0.4, -0.2) is 95.7 Å². The second-order valence-corrected chi connectivity index (χ2v) is 21.5. The lowest BCUT2D eigenvalue weighted by atomic mass is 9.46. The van der Waals surface area contributed by atoms with Gasteiger partial charge in [0.1, 0.15) is 30.0 Å². The van der Waals surface area contributed by atoms with Crippen molar-refractivity contribution in [3.05, 3.63) is 11.1 Å². The van der Waals surface area contributed by atoms with Crippen molar-refractivity contribution < 1.29 is 42.9 Å². The number of rotatable bonds is 23. The van der Waals surface area contributed by atoms with Gasteiger partial charge in [-0.1, -0.05) is 100 Å². The fourth-order valence-corrected chi connectivity index (χ4v) is 14.8. The Bertz CT molecular complexity index is 1570. The molecule has 0 aromatic rings. The van der Waals surface area contributed by atoms with Crippen molar-refractivity contribution in [1.29, 1.82) is 0 Å². The highest BCUT2D eigenvalue weighted by molar-refractivity contribution is 8.77. The molecule has 6 fully saturated rings. The van der Waals surface area contributed by atoms with Crippen molar-refractivity contribution in [1.82, 2.24) is 10.6 Å². The summed E-state index contributed by atoms with van der Waals surface area (Å²) in [5.74, 6) is 0.968. The molecule has 5 aliphatic heterocycles. The summed E-state index contributed by atoms with van der Waals surface area (Å²) >= 11 is 0. The zero-order valence-electron chi connectivity index (χ0n) is 34.5. The van der Waals surface area contributed by atoms with Gasteiger partial charge in [0.25, 0.3) is 0 Å². The third-order valence-electron chi connectivity index (χ3n) is 15.0. The molecule has 5 heterocycles. The molecule has 2 spiro atoms. The highest BCUT2D eigenvalue weighted by Crippen LogP contribution is 2.83. The lowest BCUT2D eigenvalue weighted by molar-refractivity contribution is -0.169. The van der Waals surface area contributed by atoms with E-state index in [2.05, 4.69) is 31.4 Å². The van der Waals surface area contributed by atoms with Crippen LogP contribution in [0.2, 0.25) is 0 Å². The molecule has 0 bridgehead atoms. The van der Waals surface area contributed by atoms with Crippen LogP contribution in [0.25, 0.3) is 0 Å². The molecule has 10 atom stereocenters. The molecule has 2 amide bonds. The van der Waals surface area contributed by atoms with Crippen LogP contribution < -0.4 is 10.6 Å². The second kappa shape index (κ2) is 17.3. The van der Waals surface area contributed by atoms with Crippen LogP contribution in [0, 0.1) is 17.3 Å². The standard InChI is InChI=1S/C44H66N2O9S2/c1-28(2)42-37(54-42)38-44(55-38)41(3)22-20-30-31(27-51-39(30)50)32(41)26-33-43(44,53-33)40(42)52-36(49)19-18-35(48)46-24-15-11-9-7-5-4-6-8-10-14-23-45-34(47)17-13-12-16-29-21-25-56-57-29/h28-29,32-33,37-38,40H,4-27H2,1-3H3,(H,45,47)(H,46,48)/t29?,32-,33-,37-,38-,40+,41-,42-,43+,44+/m0/s1.